The zero-order valence-electron chi connectivity index (χ0n) is 18.4. The number of nitrogens with zero attached hydrogens (tertiary/aromatic N) is 3. The number of ether oxygens (including phenoxy) is 1. The van der Waals surface area contributed by atoms with E-state index >= 15 is 0 Å². The number of carbonyl (C=O) groups excluding carboxylic acids is 1. The molecule has 0 aliphatic rings. The molecule has 2 aromatic rings. The Morgan fingerprint density at radius 3 is 2.35 bits per heavy atom. The van der Waals surface area contributed by atoms with Crippen molar-refractivity contribution in [3.8, 4) is 5.75 Å². The number of hydrogen-bond donors (Lipinski definition) is 1. The molecule has 8 nitrogen and oxygen atoms in total. The van der Waals surface area contributed by atoms with E-state index in [0.29, 0.717) is 23.1 Å². The first-order chi connectivity index (χ1) is 14.8. The molecule has 31 heavy (non-hydrogen) atoms. The van der Waals surface area contributed by atoms with Crippen LogP contribution in [-0.4, -0.2) is 36.7 Å². The number of rotatable bonds is 11. The Morgan fingerprint density at radius 2 is 1.77 bits per heavy atom. The van der Waals surface area contributed by atoms with Gasteiger partial charge in [-0.05, 0) is 30.0 Å². The molecule has 2 aromatic carbocycles. The summed E-state index contributed by atoms with van der Waals surface area (Å²) in [5.74, 6) is 0.982. The van der Waals surface area contributed by atoms with E-state index in [0.717, 1.165) is 18.8 Å². The Morgan fingerprint density at radius 1 is 1.13 bits per heavy atom. The minimum atomic E-state index is -0.442. The van der Waals surface area contributed by atoms with Crippen molar-refractivity contribution in [3.05, 3.63) is 64.2 Å². The topological polar surface area (TPSA) is 97.1 Å². The van der Waals surface area contributed by atoms with Crippen molar-refractivity contribution in [2.24, 2.45) is 16.9 Å². The monoisotopic (exact) mass is 426 g/mol. The van der Waals surface area contributed by atoms with Gasteiger partial charge in [0.25, 0.3) is 11.6 Å². The van der Waals surface area contributed by atoms with Crippen molar-refractivity contribution in [3.63, 3.8) is 0 Å². The number of hydrogen-bond acceptors (Lipinski definition) is 6. The molecule has 0 aromatic heterocycles. The van der Waals surface area contributed by atoms with Crippen molar-refractivity contribution in [2.45, 2.75) is 27.7 Å². The molecule has 2 rings (SSSR count). The third-order valence-electron chi connectivity index (χ3n) is 4.24. The van der Waals surface area contributed by atoms with E-state index in [1.807, 2.05) is 18.2 Å². The molecule has 0 spiro atoms. The lowest BCUT2D eigenvalue weighted by Gasteiger charge is -2.29. The van der Waals surface area contributed by atoms with Crippen molar-refractivity contribution >= 4 is 23.5 Å². The zero-order valence-corrected chi connectivity index (χ0v) is 18.4. The van der Waals surface area contributed by atoms with Crippen LogP contribution in [0.15, 0.2) is 53.6 Å². The maximum atomic E-state index is 12.0. The normalized spacial score (nSPS) is 11.2. The first-order valence-electron chi connectivity index (χ1n) is 10.3. The lowest BCUT2D eigenvalue weighted by Crippen LogP contribution is -2.32. The second-order valence-electron chi connectivity index (χ2n) is 8.09. The maximum absolute atomic E-state index is 12.0. The fraction of sp³-hybridized carbons (Fsp3) is 0.391. The van der Waals surface area contributed by atoms with Gasteiger partial charge < -0.3 is 9.64 Å². The summed E-state index contributed by atoms with van der Waals surface area (Å²) in [6.07, 6.45) is 1.44. The largest absolute Gasteiger partial charge is 0.484 e. The van der Waals surface area contributed by atoms with Gasteiger partial charge >= 0.3 is 0 Å². The molecule has 0 aliphatic heterocycles. The number of nitrogens with one attached hydrogen (secondary N) is 1. The van der Waals surface area contributed by atoms with Crippen LogP contribution in [0.1, 0.15) is 33.3 Å². The number of benzene rings is 2. The number of carbonyl (C=O) groups is 1. The van der Waals surface area contributed by atoms with Crippen molar-refractivity contribution in [2.75, 3.05) is 24.6 Å². The van der Waals surface area contributed by atoms with Crippen LogP contribution in [0.2, 0.25) is 0 Å². The van der Waals surface area contributed by atoms with Gasteiger partial charge in [0.2, 0.25) is 0 Å². The number of para-hydroxylation sites is 1. The van der Waals surface area contributed by atoms with Crippen molar-refractivity contribution in [1.29, 1.82) is 0 Å². The summed E-state index contributed by atoms with van der Waals surface area (Å²) in [6.45, 7) is 9.91. The van der Waals surface area contributed by atoms with E-state index in [2.05, 4.69) is 43.1 Å². The summed E-state index contributed by atoms with van der Waals surface area (Å²) in [7, 11) is 0. The molecule has 0 bridgehead atoms. The van der Waals surface area contributed by atoms with Crippen LogP contribution >= 0.6 is 0 Å². The smallest absolute Gasteiger partial charge is 0.277 e. The van der Waals surface area contributed by atoms with Crippen LogP contribution in [-0.2, 0) is 4.79 Å². The van der Waals surface area contributed by atoms with Crippen LogP contribution in [0, 0.1) is 22.0 Å². The second kappa shape index (κ2) is 11.7. The molecule has 0 radical (unpaired) electrons. The Hall–Kier alpha value is -3.42. The van der Waals surface area contributed by atoms with E-state index < -0.39 is 10.8 Å². The number of amides is 1. The number of non-ortho nitro benzene ring substituents is 1. The van der Waals surface area contributed by atoms with E-state index in [9.17, 15) is 14.9 Å². The highest BCUT2D eigenvalue weighted by Crippen LogP contribution is 2.26. The highest BCUT2D eigenvalue weighted by atomic mass is 16.6. The number of nitro benzene ring substituents is 1. The van der Waals surface area contributed by atoms with Gasteiger partial charge in [0, 0.05) is 36.5 Å². The average Bonchev–Trinajstić information content (AvgIpc) is 2.71. The molecule has 0 aliphatic carbocycles. The van der Waals surface area contributed by atoms with Crippen LogP contribution in [0.25, 0.3) is 0 Å². The summed E-state index contributed by atoms with van der Waals surface area (Å²) >= 11 is 0. The summed E-state index contributed by atoms with van der Waals surface area (Å²) < 4.78 is 5.39. The molecule has 166 valence electrons. The quantitative estimate of drug-likeness (QED) is 0.329. The summed E-state index contributed by atoms with van der Waals surface area (Å²) in [5.41, 5.74) is 3.79. The molecular weight excluding hydrogens is 396 g/mol. The second-order valence-corrected chi connectivity index (χ2v) is 8.09. The standard InChI is InChI=1S/C23H30N4O4/c1-17(2)14-26(15-18(3)4)22-11-10-20(27(29)30)12-19(22)13-24-25-23(28)16-31-21-8-6-5-7-9-21/h5-13,17-18H,14-16H2,1-4H3,(H,25,28)/b24-13-. The summed E-state index contributed by atoms with van der Waals surface area (Å²) in [4.78, 5) is 25.0. The van der Waals surface area contributed by atoms with Gasteiger partial charge in [-0.2, -0.15) is 5.10 Å². The Balaban J connectivity index is 2.16. The summed E-state index contributed by atoms with van der Waals surface area (Å²) in [6, 6.07) is 13.7. The van der Waals surface area contributed by atoms with Crippen LogP contribution in [0.3, 0.4) is 0 Å². The lowest BCUT2D eigenvalue weighted by atomic mass is 10.1. The third kappa shape index (κ3) is 8.08. The predicted octanol–water partition coefficient (Wildman–Crippen LogP) is 4.24. The highest BCUT2D eigenvalue weighted by Gasteiger charge is 2.17. The minimum Gasteiger partial charge on any atom is -0.484 e. The summed E-state index contributed by atoms with van der Waals surface area (Å²) in [5, 5.41) is 15.3. The van der Waals surface area contributed by atoms with E-state index in [1.165, 1.54) is 18.3 Å². The molecule has 8 heteroatoms. The van der Waals surface area contributed by atoms with Gasteiger partial charge in [-0.15, -0.1) is 0 Å². The molecular formula is C23H30N4O4. The number of hydrazone groups is 1. The van der Waals surface area contributed by atoms with E-state index in [4.69, 9.17) is 4.74 Å². The molecule has 1 N–H and O–H groups in total. The first kappa shape index (κ1) is 23.9. The molecule has 0 heterocycles. The van der Waals surface area contributed by atoms with Gasteiger partial charge in [-0.3, -0.25) is 14.9 Å². The SMILES string of the molecule is CC(C)CN(CC(C)C)c1ccc([N+](=O)[O-])cc1/C=N\NC(=O)COc1ccccc1. The molecule has 0 saturated heterocycles. The van der Waals surface area contributed by atoms with Gasteiger partial charge in [-0.1, -0.05) is 45.9 Å². The van der Waals surface area contributed by atoms with Crippen LogP contribution < -0.4 is 15.1 Å². The zero-order chi connectivity index (χ0) is 22.8. The Bertz CT molecular complexity index is 888. The van der Waals surface area contributed by atoms with Crippen molar-refractivity contribution < 1.29 is 14.5 Å². The fourth-order valence-corrected chi connectivity index (χ4v) is 3.07. The highest BCUT2D eigenvalue weighted by molar-refractivity contribution is 5.90. The van der Waals surface area contributed by atoms with Crippen LogP contribution in [0.4, 0.5) is 11.4 Å². The Labute approximate surface area is 183 Å². The maximum Gasteiger partial charge on any atom is 0.277 e. The molecule has 0 unspecified atom stereocenters. The molecule has 0 saturated carbocycles. The fourth-order valence-electron chi connectivity index (χ4n) is 3.07. The number of nitro groups is 1. The van der Waals surface area contributed by atoms with Gasteiger partial charge in [0.15, 0.2) is 6.61 Å². The minimum absolute atomic E-state index is 0.0296. The molecule has 1 amide bonds. The van der Waals surface area contributed by atoms with E-state index in [1.54, 1.807) is 18.2 Å². The Kier molecular flexibility index (Phi) is 8.99. The number of anilines is 1. The average molecular weight is 427 g/mol. The molecule has 0 atom stereocenters. The van der Waals surface area contributed by atoms with Gasteiger partial charge in [0.1, 0.15) is 5.75 Å². The van der Waals surface area contributed by atoms with Crippen molar-refractivity contribution in [1.82, 2.24) is 5.43 Å². The van der Waals surface area contributed by atoms with E-state index in [-0.39, 0.29) is 12.3 Å². The van der Waals surface area contributed by atoms with Crippen LogP contribution in [0.5, 0.6) is 5.75 Å². The van der Waals surface area contributed by atoms with Gasteiger partial charge in [-0.25, -0.2) is 5.43 Å². The lowest BCUT2D eigenvalue weighted by molar-refractivity contribution is -0.384. The van der Waals surface area contributed by atoms with Gasteiger partial charge in [0.05, 0.1) is 11.1 Å². The predicted molar refractivity (Wildman–Crippen MR) is 123 cm³/mol. The molecule has 0 fully saturated rings. The third-order valence-corrected chi connectivity index (χ3v) is 4.24. The first-order valence-corrected chi connectivity index (χ1v) is 10.3.